The monoisotopic (exact) mass is 275 g/mol. The minimum absolute atomic E-state index is 0.118. The van der Waals surface area contributed by atoms with Crippen molar-refractivity contribution in [2.45, 2.75) is 45.4 Å². The summed E-state index contributed by atoms with van der Waals surface area (Å²) in [7, 11) is 0. The fourth-order valence-corrected chi connectivity index (χ4v) is 3.39. The van der Waals surface area contributed by atoms with Gasteiger partial charge in [-0.05, 0) is 36.8 Å². The third-order valence-corrected chi connectivity index (χ3v) is 4.52. The molecule has 0 amide bonds. The average Bonchev–Trinajstić information content (AvgIpc) is 2.53. The topological polar surface area (TPSA) is 21.6 Å². The molecule has 20 heavy (non-hydrogen) atoms. The van der Waals surface area contributed by atoms with Crippen molar-refractivity contribution in [3.63, 3.8) is 0 Å². The Labute approximate surface area is 120 Å². The molecule has 0 saturated heterocycles. The Kier molecular flexibility index (Phi) is 3.31. The molecule has 0 unspecified atom stereocenters. The lowest BCUT2D eigenvalue weighted by Gasteiger charge is -2.37. The summed E-state index contributed by atoms with van der Waals surface area (Å²) in [5, 5.41) is 0. The molecule has 0 radical (unpaired) electrons. The first-order valence-electron chi connectivity index (χ1n) is 7.46. The van der Waals surface area contributed by atoms with Crippen LogP contribution in [0.15, 0.2) is 35.3 Å². The van der Waals surface area contributed by atoms with Gasteiger partial charge >= 0.3 is 0 Å². The number of halogens is 1. The van der Waals surface area contributed by atoms with E-state index in [1.54, 1.807) is 0 Å². The molecule has 3 rings (SSSR count). The molecule has 1 aliphatic heterocycles. The van der Waals surface area contributed by atoms with Crippen LogP contribution in [0, 0.1) is 11.3 Å². The maximum absolute atomic E-state index is 15.3. The van der Waals surface area contributed by atoms with E-state index in [1.807, 2.05) is 30.3 Å². The van der Waals surface area contributed by atoms with Gasteiger partial charge in [0.25, 0.3) is 5.85 Å². The molecule has 1 aliphatic carbocycles. The number of hydrogen-bond acceptors (Lipinski definition) is 2. The van der Waals surface area contributed by atoms with Crippen molar-refractivity contribution in [3.05, 3.63) is 35.9 Å². The number of benzene rings is 1. The van der Waals surface area contributed by atoms with Crippen LogP contribution in [0.1, 0.15) is 45.1 Å². The Morgan fingerprint density at radius 1 is 1.20 bits per heavy atom. The molecular formula is C17H22FNO. The van der Waals surface area contributed by atoms with Crippen molar-refractivity contribution >= 4 is 5.90 Å². The molecule has 0 spiro atoms. The minimum Gasteiger partial charge on any atom is -0.440 e. The van der Waals surface area contributed by atoms with Gasteiger partial charge in [0.15, 0.2) is 0 Å². The van der Waals surface area contributed by atoms with Crippen LogP contribution in [0.4, 0.5) is 4.39 Å². The lowest BCUT2D eigenvalue weighted by molar-refractivity contribution is -0.134. The molecule has 2 nitrogen and oxygen atoms in total. The molecule has 2 aliphatic rings. The standard InChI is InChI=1S/C17H22FNO/c1-16(2)9-6-10-17(18)14(11-16)12-19-15(20-17)13-7-4-3-5-8-13/h3-5,7-8,14H,6,9-12H2,1-2H3/t14-,17-/m1/s1. The summed E-state index contributed by atoms with van der Waals surface area (Å²) in [5.41, 5.74) is 1.05. The normalized spacial score (nSPS) is 32.5. The number of alkyl halides is 1. The highest BCUT2D eigenvalue weighted by atomic mass is 19.2. The second-order valence-electron chi connectivity index (χ2n) is 6.82. The number of aliphatic imine (C=N–C) groups is 1. The van der Waals surface area contributed by atoms with Crippen molar-refractivity contribution in [1.82, 2.24) is 0 Å². The maximum atomic E-state index is 15.3. The zero-order valence-corrected chi connectivity index (χ0v) is 12.2. The van der Waals surface area contributed by atoms with E-state index in [1.165, 1.54) is 0 Å². The second-order valence-corrected chi connectivity index (χ2v) is 6.82. The van der Waals surface area contributed by atoms with E-state index in [9.17, 15) is 0 Å². The van der Waals surface area contributed by atoms with Crippen LogP contribution >= 0.6 is 0 Å². The lowest BCUT2D eigenvalue weighted by atomic mass is 9.80. The third kappa shape index (κ3) is 2.58. The zero-order chi connectivity index (χ0) is 14.2. The first-order chi connectivity index (χ1) is 9.49. The lowest BCUT2D eigenvalue weighted by Crippen LogP contribution is -2.44. The molecule has 3 heteroatoms. The first kappa shape index (κ1) is 13.6. The van der Waals surface area contributed by atoms with Gasteiger partial charge in [0.2, 0.25) is 5.90 Å². The SMILES string of the molecule is CC1(C)CCC[C@@]2(F)OC(c3ccccc3)=NC[C@H]2C1. The average molecular weight is 275 g/mol. The summed E-state index contributed by atoms with van der Waals surface area (Å²) in [6.45, 7) is 4.97. The quantitative estimate of drug-likeness (QED) is 0.747. The summed E-state index contributed by atoms with van der Waals surface area (Å²) in [6.07, 6.45) is 3.25. The molecule has 0 aromatic heterocycles. The Morgan fingerprint density at radius 3 is 2.70 bits per heavy atom. The van der Waals surface area contributed by atoms with Crippen LogP contribution in [0.3, 0.4) is 0 Å². The highest BCUT2D eigenvalue weighted by Gasteiger charge is 2.48. The van der Waals surface area contributed by atoms with Crippen LogP contribution in [-0.4, -0.2) is 18.3 Å². The molecule has 0 bridgehead atoms. The molecule has 2 atom stereocenters. The van der Waals surface area contributed by atoms with Gasteiger partial charge in [-0.2, -0.15) is 4.39 Å². The fraction of sp³-hybridized carbons (Fsp3) is 0.588. The summed E-state index contributed by atoms with van der Waals surface area (Å²) < 4.78 is 21.0. The van der Waals surface area contributed by atoms with Crippen LogP contribution in [-0.2, 0) is 4.74 Å². The summed E-state index contributed by atoms with van der Waals surface area (Å²) in [5.74, 6) is -1.20. The van der Waals surface area contributed by atoms with Gasteiger partial charge in [-0.3, -0.25) is 4.99 Å². The molecule has 1 aromatic carbocycles. The Hall–Kier alpha value is -1.38. The molecular weight excluding hydrogens is 253 g/mol. The number of fused-ring (bicyclic) bond motifs is 1. The molecule has 1 heterocycles. The molecule has 1 fully saturated rings. The van der Waals surface area contributed by atoms with E-state index in [0.29, 0.717) is 18.9 Å². The predicted octanol–water partition coefficient (Wildman–Crippen LogP) is 4.35. The van der Waals surface area contributed by atoms with Crippen molar-refractivity contribution in [2.24, 2.45) is 16.3 Å². The maximum Gasteiger partial charge on any atom is 0.254 e. The predicted molar refractivity (Wildman–Crippen MR) is 78.5 cm³/mol. The van der Waals surface area contributed by atoms with E-state index in [0.717, 1.165) is 24.8 Å². The molecule has 0 N–H and O–H groups in total. The van der Waals surface area contributed by atoms with Gasteiger partial charge in [0.1, 0.15) is 0 Å². The van der Waals surface area contributed by atoms with Crippen LogP contribution in [0.2, 0.25) is 0 Å². The first-order valence-corrected chi connectivity index (χ1v) is 7.46. The van der Waals surface area contributed by atoms with Gasteiger partial charge in [-0.15, -0.1) is 0 Å². The number of rotatable bonds is 1. The van der Waals surface area contributed by atoms with Crippen LogP contribution < -0.4 is 0 Å². The Bertz CT molecular complexity index is 511. The highest BCUT2D eigenvalue weighted by Crippen LogP contribution is 2.46. The molecule has 1 aromatic rings. The summed E-state index contributed by atoms with van der Waals surface area (Å²) in [6, 6.07) is 9.63. The van der Waals surface area contributed by atoms with Gasteiger partial charge in [0.05, 0.1) is 6.54 Å². The Balaban J connectivity index is 1.87. The highest BCUT2D eigenvalue weighted by molar-refractivity contribution is 5.94. The number of ether oxygens (including phenoxy) is 1. The van der Waals surface area contributed by atoms with Gasteiger partial charge < -0.3 is 4.74 Å². The number of nitrogens with zero attached hydrogens (tertiary/aromatic N) is 1. The van der Waals surface area contributed by atoms with E-state index >= 15 is 4.39 Å². The van der Waals surface area contributed by atoms with Crippen molar-refractivity contribution in [3.8, 4) is 0 Å². The minimum atomic E-state index is -1.54. The van der Waals surface area contributed by atoms with Gasteiger partial charge in [-0.25, -0.2) is 0 Å². The smallest absolute Gasteiger partial charge is 0.254 e. The third-order valence-electron chi connectivity index (χ3n) is 4.52. The summed E-state index contributed by atoms with van der Waals surface area (Å²) >= 11 is 0. The van der Waals surface area contributed by atoms with E-state index in [2.05, 4.69) is 18.8 Å². The Morgan fingerprint density at radius 2 is 1.95 bits per heavy atom. The van der Waals surface area contributed by atoms with E-state index < -0.39 is 5.85 Å². The molecule has 108 valence electrons. The van der Waals surface area contributed by atoms with E-state index in [4.69, 9.17) is 4.74 Å². The fourth-order valence-electron chi connectivity index (χ4n) is 3.39. The molecule has 1 saturated carbocycles. The van der Waals surface area contributed by atoms with E-state index in [-0.39, 0.29) is 11.3 Å². The second kappa shape index (κ2) is 4.87. The largest absolute Gasteiger partial charge is 0.440 e. The van der Waals surface area contributed by atoms with Crippen molar-refractivity contribution < 1.29 is 9.13 Å². The van der Waals surface area contributed by atoms with Gasteiger partial charge in [-0.1, -0.05) is 32.0 Å². The van der Waals surface area contributed by atoms with Gasteiger partial charge in [0, 0.05) is 17.9 Å². The zero-order valence-electron chi connectivity index (χ0n) is 12.2. The van der Waals surface area contributed by atoms with Crippen molar-refractivity contribution in [1.29, 1.82) is 0 Å². The van der Waals surface area contributed by atoms with Crippen LogP contribution in [0.5, 0.6) is 0 Å². The summed E-state index contributed by atoms with van der Waals surface area (Å²) in [4.78, 5) is 4.49. The van der Waals surface area contributed by atoms with Crippen molar-refractivity contribution in [2.75, 3.05) is 6.54 Å². The number of hydrogen-bond donors (Lipinski definition) is 0. The van der Waals surface area contributed by atoms with Crippen LogP contribution in [0.25, 0.3) is 0 Å².